The van der Waals surface area contributed by atoms with Gasteiger partial charge in [0.2, 0.25) is 5.95 Å². The number of methoxy groups -OCH3 is 1. The summed E-state index contributed by atoms with van der Waals surface area (Å²) in [5, 5.41) is 10.7. The Balaban J connectivity index is 1.47. The van der Waals surface area contributed by atoms with Crippen molar-refractivity contribution < 1.29 is 24.1 Å². The van der Waals surface area contributed by atoms with Gasteiger partial charge in [0, 0.05) is 24.2 Å². The molecule has 6 rings (SSSR count). The van der Waals surface area contributed by atoms with Crippen molar-refractivity contribution in [3.8, 4) is 17.0 Å². The number of benzene rings is 1. The normalized spacial score (nSPS) is 24.2. The maximum atomic E-state index is 9.79. The van der Waals surface area contributed by atoms with Crippen LogP contribution >= 0.6 is 0 Å². The Kier molecular flexibility index (Phi) is 6.34. The molecule has 0 bridgehead atoms. The van der Waals surface area contributed by atoms with E-state index in [0.29, 0.717) is 62.5 Å². The van der Waals surface area contributed by atoms with E-state index in [-0.39, 0.29) is 24.8 Å². The minimum absolute atomic E-state index is 0.0271. The SMILES string of the molecule is COc1ccc(-c2ccc3c(N4CCOC[C@@H]4C)nc(N4CCOC5COCC54)nc3n2)cc1CO. The summed E-state index contributed by atoms with van der Waals surface area (Å²) < 4.78 is 22.7. The Bertz CT molecular complexity index is 1260. The molecule has 1 aromatic carbocycles. The Morgan fingerprint density at radius 3 is 2.72 bits per heavy atom. The van der Waals surface area contributed by atoms with Crippen LogP contribution in [0.1, 0.15) is 12.5 Å². The second-order valence-corrected chi connectivity index (χ2v) is 9.42. The highest BCUT2D eigenvalue weighted by Crippen LogP contribution is 2.33. The molecule has 0 aliphatic carbocycles. The molecule has 36 heavy (non-hydrogen) atoms. The van der Waals surface area contributed by atoms with E-state index in [2.05, 4.69) is 16.7 Å². The van der Waals surface area contributed by atoms with Crippen LogP contribution in [0, 0.1) is 0 Å². The first kappa shape index (κ1) is 23.4. The number of pyridine rings is 1. The molecule has 0 saturated carbocycles. The van der Waals surface area contributed by atoms with E-state index in [9.17, 15) is 5.11 Å². The van der Waals surface area contributed by atoms with Gasteiger partial charge in [-0.05, 0) is 37.3 Å². The van der Waals surface area contributed by atoms with Crippen molar-refractivity contribution in [2.45, 2.75) is 31.7 Å². The van der Waals surface area contributed by atoms with Crippen LogP contribution in [0.2, 0.25) is 0 Å². The molecule has 1 N–H and O–H groups in total. The number of nitrogens with zero attached hydrogens (tertiary/aromatic N) is 5. The number of ether oxygens (including phenoxy) is 4. The summed E-state index contributed by atoms with van der Waals surface area (Å²) in [4.78, 5) is 19.5. The maximum Gasteiger partial charge on any atom is 0.229 e. The van der Waals surface area contributed by atoms with Crippen LogP contribution in [0.15, 0.2) is 30.3 Å². The third-order valence-corrected chi connectivity index (χ3v) is 7.24. The fourth-order valence-electron chi connectivity index (χ4n) is 5.28. The van der Waals surface area contributed by atoms with Gasteiger partial charge in [-0.3, -0.25) is 0 Å². The quantitative estimate of drug-likeness (QED) is 0.568. The molecule has 3 saturated heterocycles. The Labute approximate surface area is 209 Å². The highest BCUT2D eigenvalue weighted by atomic mass is 16.6. The Morgan fingerprint density at radius 2 is 1.89 bits per heavy atom. The third-order valence-electron chi connectivity index (χ3n) is 7.24. The number of rotatable bonds is 5. The second-order valence-electron chi connectivity index (χ2n) is 9.42. The molecule has 3 aliphatic rings. The summed E-state index contributed by atoms with van der Waals surface area (Å²) in [6.07, 6.45) is 0.0271. The maximum absolute atomic E-state index is 9.79. The molecule has 10 nitrogen and oxygen atoms in total. The van der Waals surface area contributed by atoms with E-state index < -0.39 is 0 Å². The van der Waals surface area contributed by atoms with Crippen LogP contribution < -0.4 is 14.5 Å². The van der Waals surface area contributed by atoms with E-state index >= 15 is 0 Å². The zero-order valence-corrected chi connectivity index (χ0v) is 20.6. The monoisotopic (exact) mass is 493 g/mol. The smallest absolute Gasteiger partial charge is 0.229 e. The van der Waals surface area contributed by atoms with Gasteiger partial charge in [0.05, 0.1) is 69.9 Å². The molecule has 2 unspecified atom stereocenters. The first-order valence-corrected chi connectivity index (χ1v) is 12.4. The largest absolute Gasteiger partial charge is 0.496 e. The van der Waals surface area contributed by atoms with Crippen molar-refractivity contribution in [2.75, 3.05) is 63.0 Å². The van der Waals surface area contributed by atoms with E-state index in [1.54, 1.807) is 7.11 Å². The molecule has 3 aromatic rings. The van der Waals surface area contributed by atoms with Gasteiger partial charge < -0.3 is 33.9 Å². The van der Waals surface area contributed by atoms with Crippen LogP contribution in [-0.2, 0) is 20.8 Å². The minimum Gasteiger partial charge on any atom is -0.496 e. The lowest BCUT2D eigenvalue weighted by Gasteiger charge is -2.38. The molecule has 0 spiro atoms. The summed E-state index contributed by atoms with van der Waals surface area (Å²) in [6.45, 7) is 6.60. The van der Waals surface area contributed by atoms with Crippen LogP contribution in [0.5, 0.6) is 5.75 Å². The Hall–Kier alpha value is -3.05. The number of aliphatic hydroxyl groups is 1. The molecule has 3 aliphatic heterocycles. The first-order valence-electron chi connectivity index (χ1n) is 12.4. The molecule has 190 valence electrons. The summed E-state index contributed by atoms with van der Waals surface area (Å²) in [5.41, 5.74) is 3.01. The summed E-state index contributed by atoms with van der Waals surface area (Å²) in [5.74, 6) is 2.17. The van der Waals surface area contributed by atoms with E-state index in [4.69, 9.17) is 33.9 Å². The molecule has 0 radical (unpaired) electrons. The fraction of sp³-hybridized carbons (Fsp3) is 0.500. The molecule has 0 amide bonds. The first-order chi connectivity index (χ1) is 17.7. The van der Waals surface area contributed by atoms with Gasteiger partial charge in [0.15, 0.2) is 5.65 Å². The molecular formula is C26H31N5O5. The van der Waals surface area contributed by atoms with Crippen molar-refractivity contribution in [3.63, 3.8) is 0 Å². The van der Waals surface area contributed by atoms with E-state index in [1.165, 1.54) is 0 Å². The minimum atomic E-state index is -0.113. The predicted molar refractivity (Wildman–Crippen MR) is 135 cm³/mol. The number of hydrogen-bond donors (Lipinski definition) is 1. The highest BCUT2D eigenvalue weighted by molar-refractivity contribution is 5.90. The lowest BCUT2D eigenvalue weighted by molar-refractivity contribution is 0.0220. The number of aromatic nitrogens is 3. The van der Waals surface area contributed by atoms with Gasteiger partial charge in [-0.25, -0.2) is 4.98 Å². The molecule has 10 heteroatoms. The Morgan fingerprint density at radius 1 is 1.00 bits per heavy atom. The summed E-state index contributed by atoms with van der Waals surface area (Å²) in [7, 11) is 1.60. The lowest BCUT2D eigenvalue weighted by atomic mass is 10.1. The molecule has 5 heterocycles. The van der Waals surface area contributed by atoms with Crippen molar-refractivity contribution in [2.24, 2.45) is 0 Å². The predicted octanol–water partition coefficient (Wildman–Crippen LogP) is 2.02. The summed E-state index contributed by atoms with van der Waals surface area (Å²) >= 11 is 0. The third kappa shape index (κ3) is 4.13. The van der Waals surface area contributed by atoms with Gasteiger partial charge >= 0.3 is 0 Å². The number of hydrogen-bond acceptors (Lipinski definition) is 10. The van der Waals surface area contributed by atoms with Gasteiger partial charge in [-0.2, -0.15) is 9.97 Å². The van der Waals surface area contributed by atoms with E-state index in [0.717, 1.165) is 29.0 Å². The van der Waals surface area contributed by atoms with Crippen LogP contribution in [-0.4, -0.2) is 91.5 Å². The zero-order valence-electron chi connectivity index (χ0n) is 20.6. The molecular weight excluding hydrogens is 462 g/mol. The zero-order chi connectivity index (χ0) is 24.6. The number of anilines is 2. The molecule has 3 fully saturated rings. The van der Waals surface area contributed by atoms with Crippen molar-refractivity contribution >= 4 is 22.8 Å². The van der Waals surface area contributed by atoms with Crippen LogP contribution in [0.3, 0.4) is 0 Å². The number of morpholine rings is 2. The lowest BCUT2D eigenvalue weighted by Crippen LogP contribution is -2.51. The van der Waals surface area contributed by atoms with Gasteiger partial charge in [0.25, 0.3) is 0 Å². The summed E-state index contributed by atoms with van der Waals surface area (Å²) in [6, 6.07) is 10.0. The van der Waals surface area contributed by atoms with Crippen molar-refractivity contribution in [1.29, 1.82) is 0 Å². The number of fused-ring (bicyclic) bond motifs is 2. The average Bonchev–Trinajstić information content (AvgIpc) is 3.41. The topological polar surface area (TPSA) is 102 Å². The standard InChI is InChI=1S/C26H31N5O5/c1-16-13-34-9-7-30(16)25-19-4-5-20(17-3-6-22(33-2)18(11-17)12-32)27-24(19)28-26(29-25)31-8-10-36-23-15-35-14-21(23)31/h3-6,11,16,21,23,32H,7-10,12-15H2,1-2H3/t16-,21?,23?/m0/s1. The molecule has 3 atom stereocenters. The highest BCUT2D eigenvalue weighted by Gasteiger charge is 2.39. The van der Waals surface area contributed by atoms with Crippen molar-refractivity contribution in [3.05, 3.63) is 35.9 Å². The van der Waals surface area contributed by atoms with Crippen LogP contribution in [0.25, 0.3) is 22.3 Å². The van der Waals surface area contributed by atoms with Gasteiger partial charge in [0.1, 0.15) is 17.7 Å². The number of aliphatic hydroxyl groups excluding tert-OH is 1. The van der Waals surface area contributed by atoms with Gasteiger partial charge in [-0.1, -0.05) is 0 Å². The van der Waals surface area contributed by atoms with E-state index in [1.807, 2.05) is 30.3 Å². The fourth-order valence-corrected chi connectivity index (χ4v) is 5.28. The second kappa shape index (κ2) is 9.78. The average molecular weight is 494 g/mol. The van der Waals surface area contributed by atoms with Crippen LogP contribution in [0.4, 0.5) is 11.8 Å². The van der Waals surface area contributed by atoms with Crippen molar-refractivity contribution in [1.82, 2.24) is 15.0 Å². The molecule has 2 aromatic heterocycles. The van der Waals surface area contributed by atoms with Gasteiger partial charge in [-0.15, -0.1) is 0 Å².